The van der Waals surface area contributed by atoms with Crippen LogP contribution in [0.3, 0.4) is 0 Å². The molecule has 0 N–H and O–H groups in total. The fraction of sp³-hybridized carbons (Fsp3) is 0.0714. The average molecular weight is 316 g/mol. The van der Waals surface area contributed by atoms with Crippen molar-refractivity contribution in [3.63, 3.8) is 0 Å². The van der Waals surface area contributed by atoms with Crippen LogP contribution in [0.4, 0.5) is 0 Å². The van der Waals surface area contributed by atoms with Gasteiger partial charge in [0.05, 0.1) is 20.6 Å². The predicted molar refractivity (Wildman–Crippen MR) is 77.6 cm³/mol. The standard InChI is InChI=1S/C14H9Cl3O2/c1-8-2-4-9(5-3-8)14(18)19-13-7-11(16)10(15)6-12(13)17/h2-7H,1H3. The van der Waals surface area contributed by atoms with Gasteiger partial charge in [0, 0.05) is 6.07 Å². The Kier molecular flexibility index (Phi) is 4.35. The van der Waals surface area contributed by atoms with E-state index in [0.29, 0.717) is 10.6 Å². The Morgan fingerprint density at radius 1 is 0.947 bits per heavy atom. The summed E-state index contributed by atoms with van der Waals surface area (Å²) in [5, 5.41) is 0.814. The van der Waals surface area contributed by atoms with Crippen LogP contribution in [-0.4, -0.2) is 5.97 Å². The number of aryl methyl sites for hydroxylation is 1. The number of halogens is 3. The second-order valence-corrected chi connectivity index (χ2v) is 5.17. The van der Waals surface area contributed by atoms with Gasteiger partial charge >= 0.3 is 5.97 Å². The van der Waals surface area contributed by atoms with Crippen LogP contribution in [0.2, 0.25) is 15.1 Å². The van der Waals surface area contributed by atoms with E-state index in [1.54, 1.807) is 12.1 Å². The van der Waals surface area contributed by atoms with Crippen LogP contribution in [0.5, 0.6) is 5.75 Å². The minimum absolute atomic E-state index is 0.182. The van der Waals surface area contributed by atoms with Crippen molar-refractivity contribution >= 4 is 40.8 Å². The first-order chi connectivity index (χ1) is 8.97. The van der Waals surface area contributed by atoms with Crippen LogP contribution < -0.4 is 4.74 Å². The third-order valence-electron chi connectivity index (χ3n) is 2.46. The quantitative estimate of drug-likeness (QED) is 0.434. The van der Waals surface area contributed by atoms with Gasteiger partial charge in [0.2, 0.25) is 0 Å². The summed E-state index contributed by atoms with van der Waals surface area (Å²) in [7, 11) is 0. The Morgan fingerprint density at radius 3 is 2.16 bits per heavy atom. The maximum absolute atomic E-state index is 11.9. The van der Waals surface area contributed by atoms with Crippen molar-refractivity contribution < 1.29 is 9.53 Å². The third kappa shape index (κ3) is 3.41. The molecule has 0 heterocycles. The van der Waals surface area contributed by atoms with E-state index in [-0.39, 0.29) is 15.8 Å². The summed E-state index contributed by atoms with van der Waals surface area (Å²) < 4.78 is 5.19. The molecule has 2 rings (SSSR count). The lowest BCUT2D eigenvalue weighted by molar-refractivity contribution is 0.0735. The Balaban J connectivity index is 2.24. The zero-order chi connectivity index (χ0) is 14.0. The Hall–Kier alpha value is -1.22. The van der Waals surface area contributed by atoms with Gasteiger partial charge in [-0.15, -0.1) is 0 Å². The summed E-state index contributed by atoms with van der Waals surface area (Å²) in [4.78, 5) is 11.9. The molecule has 2 aromatic carbocycles. The van der Waals surface area contributed by atoms with Crippen molar-refractivity contribution in [3.05, 3.63) is 62.6 Å². The summed E-state index contributed by atoms with van der Waals surface area (Å²) >= 11 is 17.6. The molecular formula is C14H9Cl3O2. The lowest BCUT2D eigenvalue weighted by atomic mass is 10.1. The molecular weight excluding hydrogens is 307 g/mol. The molecule has 0 unspecified atom stereocenters. The van der Waals surface area contributed by atoms with E-state index in [0.717, 1.165) is 5.56 Å². The van der Waals surface area contributed by atoms with Crippen molar-refractivity contribution in [3.8, 4) is 5.75 Å². The van der Waals surface area contributed by atoms with Crippen molar-refractivity contribution in [1.29, 1.82) is 0 Å². The van der Waals surface area contributed by atoms with Gasteiger partial charge in [-0.05, 0) is 25.1 Å². The van der Waals surface area contributed by atoms with E-state index in [1.165, 1.54) is 12.1 Å². The molecule has 2 aromatic rings. The summed E-state index contributed by atoms with van der Waals surface area (Å²) in [6.07, 6.45) is 0. The van der Waals surface area contributed by atoms with E-state index in [1.807, 2.05) is 19.1 Å². The highest BCUT2D eigenvalue weighted by atomic mass is 35.5. The number of carbonyl (C=O) groups excluding carboxylic acids is 1. The molecule has 0 aliphatic heterocycles. The molecule has 5 heteroatoms. The van der Waals surface area contributed by atoms with Gasteiger partial charge in [0.1, 0.15) is 0 Å². The minimum Gasteiger partial charge on any atom is -0.421 e. The molecule has 0 saturated heterocycles. The number of rotatable bonds is 2. The van der Waals surface area contributed by atoms with Crippen molar-refractivity contribution in [1.82, 2.24) is 0 Å². The lowest BCUT2D eigenvalue weighted by Gasteiger charge is -2.07. The number of hydrogen-bond donors (Lipinski definition) is 0. The molecule has 0 aliphatic rings. The molecule has 0 bridgehead atoms. The molecule has 19 heavy (non-hydrogen) atoms. The van der Waals surface area contributed by atoms with Gasteiger partial charge in [-0.2, -0.15) is 0 Å². The molecule has 0 spiro atoms. The predicted octanol–water partition coefficient (Wildman–Crippen LogP) is 5.17. The highest BCUT2D eigenvalue weighted by molar-refractivity contribution is 6.43. The molecule has 0 aromatic heterocycles. The van der Waals surface area contributed by atoms with Crippen LogP contribution in [-0.2, 0) is 0 Å². The zero-order valence-corrected chi connectivity index (χ0v) is 12.2. The van der Waals surface area contributed by atoms with Gasteiger partial charge in [0.25, 0.3) is 0 Å². The highest BCUT2D eigenvalue weighted by Gasteiger charge is 2.13. The normalized spacial score (nSPS) is 10.3. The second-order valence-electron chi connectivity index (χ2n) is 3.95. The molecule has 0 aliphatic carbocycles. The molecule has 0 fully saturated rings. The fourth-order valence-electron chi connectivity index (χ4n) is 1.43. The maximum atomic E-state index is 11.9. The summed E-state index contributed by atoms with van der Waals surface area (Å²) in [6.45, 7) is 1.94. The van der Waals surface area contributed by atoms with Crippen molar-refractivity contribution in [2.45, 2.75) is 6.92 Å². The van der Waals surface area contributed by atoms with E-state index in [9.17, 15) is 4.79 Å². The monoisotopic (exact) mass is 314 g/mol. The Bertz CT molecular complexity index is 621. The first-order valence-corrected chi connectivity index (χ1v) is 6.54. The van der Waals surface area contributed by atoms with Gasteiger partial charge in [-0.1, -0.05) is 52.5 Å². The van der Waals surface area contributed by atoms with Gasteiger partial charge < -0.3 is 4.74 Å². The number of esters is 1. The van der Waals surface area contributed by atoms with Gasteiger partial charge in [-0.25, -0.2) is 4.79 Å². The van der Waals surface area contributed by atoms with Crippen LogP contribution in [0.1, 0.15) is 15.9 Å². The number of carbonyl (C=O) groups is 1. The van der Waals surface area contributed by atoms with E-state index < -0.39 is 5.97 Å². The van der Waals surface area contributed by atoms with E-state index in [2.05, 4.69) is 0 Å². The summed E-state index contributed by atoms with van der Waals surface area (Å²) in [5.74, 6) is -0.318. The topological polar surface area (TPSA) is 26.3 Å². The van der Waals surface area contributed by atoms with Crippen molar-refractivity contribution in [2.24, 2.45) is 0 Å². The number of hydrogen-bond acceptors (Lipinski definition) is 2. The average Bonchev–Trinajstić information content (AvgIpc) is 2.36. The minimum atomic E-state index is -0.500. The fourth-order valence-corrected chi connectivity index (χ4v) is 2.01. The van der Waals surface area contributed by atoms with Crippen LogP contribution in [0.15, 0.2) is 36.4 Å². The van der Waals surface area contributed by atoms with Crippen molar-refractivity contribution in [2.75, 3.05) is 0 Å². The second kappa shape index (κ2) is 5.83. The molecule has 0 saturated carbocycles. The SMILES string of the molecule is Cc1ccc(C(=O)Oc2cc(Cl)c(Cl)cc2Cl)cc1. The molecule has 0 atom stereocenters. The largest absolute Gasteiger partial charge is 0.421 e. The maximum Gasteiger partial charge on any atom is 0.343 e. The highest BCUT2D eigenvalue weighted by Crippen LogP contribution is 2.34. The number of ether oxygens (including phenoxy) is 1. The Morgan fingerprint density at radius 2 is 1.53 bits per heavy atom. The van der Waals surface area contributed by atoms with Crippen LogP contribution >= 0.6 is 34.8 Å². The summed E-state index contributed by atoms with van der Waals surface area (Å²) in [5.41, 5.74) is 1.50. The van der Waals surface area contributed by atoms with Gasteiger partial charge in [0.15, 0.2) is 5.75 Å². The molecule has 2 nitrogen and oxygen atoms in total. The van der Waals surface area contributed by atoms with Crippen LogP contribution in [0.25, 0.3) is 0 Å². The molecule has 0 radical (unpaired) electrons. The summed E-state index contributed by atoms with van der Waals surface area (Å²) in [6, 6.07) is 9.87. The lowest BCUT2D eigenvalue weighted by Crippen LogP contribution is -2.08. The first-order valence-electron chi connectivity index (χ1n) is 5.41. The zero-order valence-electron chi connectivity index (χ0n) is 9.91. The van der Waals surface area contributed by atoms with E-state index in [4.69, 9.17) is 39.5 Å². The first kappa shape index (κ1) is 14.2. The van der Waals surface area contributed by atoms with E-state index >= 15 is 0 Å². The van der Waals surface area contributed by atoms with Gasteiger partial charge in [-0.3, -0.25) is 0 Å². The molecule has 98 valence electrons. The smallest absolute Gasteiger partial charge is 0.343 e. The third-order valence-corrected chi connectivity index (χ3v) is 3.48. The van der Waals surface area contributed by atoms with Crippen LogP contribution in [0, 0.1) is 6.92 Å². The molecule has 0 amide bonds. The Labute approximate surface area is 125 Å². The number of benzene rings is 2.